The van der Waals surface area contributed by atoms with Crippen LogP contribution >= 0.6 is 0 Å². The molecular weight excluding hydrogens is 284 g/mol. The summed E-state index contributed by atoms with van der Waals surface area (Å²) in [6.45, 7) is -1.38. The number of aliphatic hydroxyl groups excluding tert-OH is 3. The molecule has 0 aliphatic rings. The Bertz CT molecular complexity index is 515. The van der Waals surface area contributed by atoms with Gasteiger partial charge < -0.3 is 20.6 Å². The van der Waals surface area contributed by atoms with E-state index < -0.39 is 35.4 Å². The topological polar surface area (TPSA) is 110 Å². The van der Waals surface area contributed by atoms with Gasteiger partial charge in [0, 0.05) is 19.8 Å². The first-order chi connectivity index (χ1) is 9.31. The molecule has 0 radical (unpaired) electrons. The molecule has 0 atom stereocenters. The zero-order chi connectivity index (χ0) is 15.4. The minimum atomic E-state index is -3.50. The Morgan fingerprint density at radius 1 is 1.05 bits per heavy atom. The summed E-state index contributed by atoms with van der Waals surface area (Å²) in [5, 5.41) is 30.4. The molecule has 8 heteroatoms. The second kappa shape index (κ2) is 6.51. The van der Waals surface area contributed by atoms with E-state index >= 15 is 0 Å². The van der Waals surface area contributed by atoms with Crippen molar-refractivity contribution in [2.75, 3.05) is 39.2 Å². The highest BCUT2D eigenvalue weighted by Crippen LogP contribution is 2.19. The van der Waals surface area contributed by atoms with Gasteiger partial charge in [-0.05, 0) is 24.3 Å². The first-order valence-electron chi connectivity index (χ1n) is 5.95. The molecule has 4 N–H and O–H groups in total. The quantitative estimate of drug-likeness (QED) is 0.518. The molecule has 1 aromatic rings. The van der Waals surface area contributed by atoms with E-state index in [2.05, 4.69) is 5.32 Å². The highest BCUT2D eigenvalue weighted by Gasteiger charge is 2.27. The van der Waals surface area contributed by atoms with Gasteiger partial charge in [0.15, 0.2) is 0 Å². The van der Waals surface area contributed by atoms with Crippen LogP contribution in [0.1, 0.15) is 0 Å². The molecule has 0 aliphatic heterocycles. The number of sulfonamides is 1. The molecule has 7 nitrogen and oxygen atoms in total. The maximum atomic E-state index is 11.9. The molecule has 0 amide bonds. The van der Waals surface area contributed by atoms with E-state index in [1.54, 1.807) is 0 Å². The van der Waals surface area contributed by atoms with Crippen LogP contribution < -0.4 is 5.32 Å². The lowest BCUT2D eigenvalue weighted by atomic mass is 10.0. The molecule has 1 rings (SSSR count). The van der Waals surface area contributed by atoms with E-state index in [9.17, 15) is 23.7 Å². The van der Waals surface area contributed by atoms with Gasteiger partial charge in [-0.1, -0.05) is 0 Å². The minimum Gasteiger partial charge on any atom is -0.394 e. The Hall–Kier alpha value is -1.19. The number of hydrogen-bond acceptors (Lipinski definition) is 6. The third-order valence-corrected chi connectivity index (χ3v) is 4.78. The van der Waals surface area contributed by atoms with E-state index in [4.69, 9.17) is 0 Å². The Kier molecular flexibility index (Phi) is 5.49. The van der Waals surface area contributed by atoms with Crippen molar-refractivity contribution >= 4 is 15.7 Å². The van der Waals surface area contributed by atoms with Crippen molar-refractivity contribution in [1.29, 1.82) is 0 Å². The number of anilines is 1. The summed E-state index contributed by atoms with van der Waals surface area (Å²) in [7, 11) is -0.616. The number of hydrogen-bond donors (Lipinski definition) is 4. The van der Waals surface area contributed by atoms with Gasteiger partial charge in [-0.3, -0.25) is 0 Å². The van der Waals surface area contributed by atoms with Crippen molar-refractivity contribution in [3.63, 3.8) is 0 Å². The van der Waals surface area contributed by atoms with Gasteiger partial charge in [-0.2, -0.15) is 0 Å². The van der Waals surface area contributed by atoms with Gasteiger partial charge in [-0.15, -0.1) is 0 Å². The largest absolute Gasteiger partial charge is 0.394 e. The fourth-order valence-electron chi connectivity index (χ4n) is 1.50. The lowest BCUT2D eigenvalue weighted by Crippen LogP contribution is -2.49. The lowest BCUT2D eigenvalue weighted by Gasteiger charge is -2.30. The standard InChI is InChI=1S/C12H20N2O5S/c1-14(2)20(18,19)11-5-3-10(4-6-11)13-12(7-15,8-16)9-17/h3-6,13,15-17H,7-9H2,1-2H3. The van der Waals surface area contributed by atoms with Crippen LogP contribution in [-0.2, 0) is 10.0 Å². The molecule has 0 aliphatic carbocycles. The van der Waals surface area contributed by atoms with Crippen molar-refractivity contribution in [2.45, 2.75) is 10.4 Å². The molecule has 0 heterocycles. The van der Waals surface area contributed by atoms with E-state index in [0.717, 1.165) is 4.31 Å². The minimum absolute atomic E-state index is 0.135. The van der Waals surface area contributed by atoms with Crippen molar-refractivity contribution in [1.82, 2.24) is 4.31 Å². The van der Waals surface area contributed by atoms with Crippen LogP contribution in [-0.4, -0.2) is 67.5 Å². The average Bonchev–Trinajstić information content (AvgIpc) is 2.45. The molecular formula is C12H20N2O5S. The van der Waals surface area contributed by atoms with Gasteiger partial charge in [-0.25, -0.2) is 12.7 Å². The first kappa shape index (κ1) is 16.9. The van der Waals surface area contributed by atoms with E-state index in [-0.39, 0.29) is 4.90 Å². The summed E-state index contributed by atoms with van der Waals surface area (Å²) in [6.07, 6.45) is 0. The predicted octanol–water partition coefficient (Wildman–Crippen LogP) is -0.935. The number of benzene rings is 1. The summed E-state index contributed by atoms with van der Waals surface area (Å²) in [4.78, 5) is 0.135. The van der Waals surface area contributed by atoms with Crippen LogP contribution in [0.4, 0.5) is 5.69 Å². The zero-order valence-corrected chi connectivity index (χ0v) is 12.3. The van der Waals surface area contributed by atoms with Crippen LogP contribution in [0.3, 0.4) is 0 Å². The van der Waals surface area contributed by atoms with E-state index in [1.165, 1.54) is 38.4 Å². The maximum absolute atomic E-state index is 11.9. The molecule has 0 saturated heterocycles. The van der Waals surface area contributed by atoms with Crippen LogP contribution in [0.2, 0.25) is 0 Å². The molecule has 0 aromatic heterocycles. The maximum Gasteiger partial charge on any atom is 0.242 e. The van der Waals surface area contributed by atoms with E-state index in [1.807, 2.05) is 0 Å². The fraction of sp³-hybridized carbons (Fsp3) is 0.500. The Balaban J connectivity index is 2.98. The van der Waals surface area contributed by atoms with Gasteiger partial charge in [0.2, 0.25) is 10.0 Å². The molecule has 0 bridgehead atoms. The monoisotopic (exact) mass is 304 g/mol. The van der Waals surface area contributed by atoms with Crippen LogP contribution in [0.15, 0.2) is 29.2 Å². The van der Waals surface area contributed by atoms with Crippen LogP contribution in [0.5, 0.6) is 0 Å². The third kappa shape index (κ3) is 3.47. The number of nitrogens with zero attached hydrogens (tertiary/aromatic N) is 1. The van der Waals surface area contributed by atoms with Crippen LogP contribution in [0.25, 0.3) is 0 Å². The predicted molar refractivity (Wildman–Crippen MR) is 74.9 cm³/mol. The lowest BCUT2D eigenvalue weighted by molar-refractivity contribution is 0.0833. The number of nitrogens with one attached hydrogen (secondary N) is 1. The van der Waals surface area contributed by atoms with Gasteiger partial charge in [0.25, 0.3) is 0 Å². The Labute approximate surface area is 118 Å². The summed E-state index contributed by atoms with van der Waals surface area (Å²) in [5.41, 5.74) is -0.762. The smallest absolute Gasteiger partial charge is 0.242 e. The van der Waals surface area contributed by atoms with Gasteiger partial charge in [0.1, 0.15) is 5.54 Å². The summed E-state index contributed by atoms with van der Waals surface area (Å²) < 4.78 is 24.9. The average molecular weight is 304 g/mol. The SMILES string of the molecule is CN(C)S(=O)(=O)c1ccc(NC(CO)(CO)CO)cc1. The molecule has 0 saturated carbocycles. The number of rotatable bonds is 7. The normalized spacial score (nSPS) is 12.7. The Morgan fingerprint density at radius 2 is 1.50 bits per heavy atom. The second-order valence-corrected chi connectivity index (χ2v) is 6.84. The summed E-state index contributed by atoms with van der Waals surface area (Å²) in [6, 6.07) is 5.83. The van der Waals surface area contributed by atoms with Crippen molar-refractivity contribution < 1.29 is 23.7 Å². The summed E-state index contributed by atoms with van der Waals surface area (Å²) in [5.74, 6) is 0. The fourth-order valence-corrected chi connectivity index (χ4v) is 2.40. The summed E-state index contributed by atoms with van der Waals surface area (Å²) >= 11 is 0. The molecule has 20 heavy (non-hydrogen) atoms. The zero-order valence-electron chi connectivity index (χ0n) is 11.4. The van der Waals surface area contributed by atoms with Crippen molar-refractivity contribution in [3.8, 4) is 0 Å². The third-order valence-electron chi connectivity index (χ3n) is 2.95. The molecule has 0 unspecified atom stereocenters. The Morgan fingerprint density at radius 3 is 1.85 bits per heavy atom. The van der Waals surface area contributed by atoms with E-state index in [0.29, 0.717) is 5.69 Å². The first-order valence-corrected chi connectivity index (χ1v) is 7.39. The molecule has 1 aromatic carbocycles. The highest BCUT2D eigenvalue weighted by molar-refractivity contribution is 7.89. The molecule has 0 spiro atoms. The van der Waals surface area contributed by atoms with Gasteiger partial charge >= 0.3 is 0 Å². The van der Waals surface area contributed by atoms with Crippen LogP contribution in [0, 0.1) is 0 Å². The molecule has 114 valence electrons. The second-order valence-electron chi connectivity index (χ2n) is 4.69. The van der Waals surface area contributed by atoms with Crippen molar-refractivity contribution in [3.05, 3.63) is 24.3 Å². The number of aliphatic hydroxyl groups is 3. The highest BCUT2D eigenvalue weighted by atomic mass is 32.2. The molecule has 0 fully saturated rings. The van der Waals surface area contributed by atoms with Gasteiger partial charge in [0.05, 0.1) is 24.7 Å². The van der Waals surface area contributed by atoms with Crippen molar-refractivity contribution in [2.24, 2.45) is 0 Å².